The average Bonchev–Trinajstić information content (AvgIpc) is 2.38. The van der Waals surface area contributed by atoms with Gasteiger partial charge >= 0.3 is 5.97 Å². The van der Waals surface area contributed by atoms with Crippen LogP contribution in [-0.4, -0.2) is 34.0 Å². The molecule has 0 aliphatic heterocycles. The molecule has 0 amide bonds. The molecule has 0 aliphatic rings. The second kappa shape index (κ2) is 7.18. The van der Waals surface area contributed by atoms with Gasteiger partial charge in [-0.2, -0.15) is 0 Å². The van der Waals surface area contributed by atoms with Crippen molar-refractivity contribution in [2.24, 2.45) is 0 Å². The van der Waals surface area contributed by atoms with Crippen LogP contribution >= 0.6 is 0 Å². The normalized spacial score (nSPS) is 13.9. The third-order valence-electron chi connectivity index (χ3n) is 2.61. The van der Waals surface area contributed by atoms with Crippen LogP contribution < -0.4 is 0 Å². The van der Waals surface area contributed by atoms with E-state index >= 15 is 0 Å². The molecule has 0 heterocycles. The predicted octanol–water partition coefficient (Wildman–Crippen LogP) is 0.665. The van der Waals surface area contributed by atoms with Gasteiger partial charge in [-0.15, -0.1) is 0 Å². The maximum atomic E-state index is 13.5. The second-order valence-electron chi connectivity index (χ2n) is 4.04. The van der Waals surface area contributed by atoms with E-state index < -0.39 is 30.4 Å². The number of hydrogen-bond donors (Lipinski definition) is 3. The SMILES string of the molecule is CCOC(=O)CC(O)C(O)c1cc(CO)ccc1F. The summed E-state index contributed by atoms with van der Waals surface area (Å²) in [5, 5.41) is 28.5. The molecule has 0 fully saturated rings. The van der Waals surface area contributed by atoms with E-state index in [1.807, 2.05) is 0 Å². The monoisotopic (exact) mass is 272 g/mol. The minimum absolute atomic E-state index is 0.163. The van der Waals surface area contributed by atoms with Gasteiger partial charge in [0.05, 0.1) is 25.7 Å². The van der Waals surface area contributed by atoms with Crippen molar-refractivity contribution in [3.8, 4) is 0 Å². The first-order valence-electron chi connectivity index (χ1n) is 5.90. The minimum Gasteiger partial charge on any atom is -0.466 e. The first-order valence-corrected chi connectivity index (χ1v) is 5.90. The molecule has 0 spiro atoms. The van der Waals surface area contributed by atoms with Crippen LogP contribution in [0.3, 0.4) is 0 Å². The van der Waals surface area contributed by atoms with E-state index in [2.05, 4.69) is 4.74 Å². The third-order valence-corrected chi connectivity index (χ3v) is 2.61. The van der Waals surface area contributed by atoms with E-state index in [0.717, 1.165) is 6.07 Å². The van der Waals surface area contributed by atoms with Crippen LogP contribution in [0.25, 0.3) is 0 Å². The summed E-state index contributed by atoms with van der Waals surface area (Å²) < 4.78 is 18.2. The van der Waals surface area contributed by atoms with Crippen LogP contribution in [0.1, 0.15) is 30.6 Å². The Morgan fingerprint density at radius 3 is 2.68 bits per heavy atom. The molecule has 2 unspecified atom stereocenters. The number of rotatable bonds is 6. The number of carbonyl (C=O) groups excluding carboxylic acids is 1. The highest BCUT2D eigenvalue weighted by Crippen LogP contribution is 2.23. The Bertz CT molecular complexity index is 435. The molecule has 0 aliphatic carbocycles. The summed E-state index contributed by atoms with van der Waals surface area (Å²) in [6, 6.07) is 3.69. The maximum Gasteiger partial charge on any atom is 0.308 e. The highest BCUT2D eigenvalue weighted by Gasteiger charge is 2.24. The van der Waals surface area contributed by atoms with Gasteiger partial charge < -0.3 is 20.1 Å². The van der Waals surface area contributed by atoms with Crippen LogP contribution in [0.15, 0.2) is 18.2 Å². The number of aliphatic hydroxyl groups excluding tert-OH is 3. The Morgan fingerprint density at radius 1 is 1.42 bits per heavy atom. The predicted molar refractivity (Wildman–Crippen MR) is 64.5 cm³/mol. The standard InChI is InChI=1S/C13H17FO5/c1-2-19-12(17)6-11(16)13(18)9-5-8(7-15)3-4-10(9)14/h3-5,11,13,15-16,18H,2,6-7H2,1H3. The fourth-order valence-electron chi connectivity index (χ4n) is 1.63. The molecular formula is C13H17FO5. The van der Waals surface area contributed by atoms with Crippen LogP contribution in [-0.2, 0) is 16.1 Å². The summed E-state index contributed by atoms with van der Waals surface area (Å²) in [6.45, 7) is 1.47. The molecule has 1 rings (SSSR count). The van der Waals surface area contributed by atoms with Crippen LogP contribution in [0.2, 0.25) is 0 Å². The van der Waals surface area contributed by atoms with E-state index in [1.54, 1.807) is 6.92 Å². The number of ether oxygens (including phenoxy) is 1. The van der Waals surface area contributed by atoms with Gasteiger partial charge in [0.25, 0.3) is 0 Å². The van der Waals surface area contributed by atoms with Crippen LogP contribution in [0.5, 0.6) is 0 Å². The van der Waals surface area contributed by atoms with Crippen molar-refractivity contribution in [1.82, 2.24) is 0 Å². The molecule has 3 N–H and O–H groups in total. The summed E-state index contributed by atoms with van der Waals surface area (Å²) in [6.07, 6.45) is -3.46. The average molecular weight is 272 g/mol. The molecule has 6 heteroatoms. The third kappa shape index (κ3) is 4.27. The quantitative estimate of drug-likeness (QED) is 0.662. The van der Waals surface area contributed by atoms with Gasteiger partial charge in [0.1, 0.15) is 11.9 Å². The Hall–Kier alpha value is -1.50. The van der Waals surface area contributed by atoms with Gasteiger partial charge in [-0.3, -0.25) is 4.79 Å². The van der Waals surface area contributed by atoms with Crippen molar-refractivity contribution in [3.05, 3.63) is 35.1 Å². The zero-order valence-electron chi connectivity index (χ0n) is 10.5. The van der Waals surface area contributed by atoms with E-state index in [0.29, 0.717) is 5.56 Å². The molecule has 0 aromatic heterocycles. The molecule has 1 aromatic rings. The summed E-state index contributed by atoms with van der Waals surface area (Å²) in [5.74, 6) is -1.39. The van der Waals surface area contributed by atoms with Crippen molar-refractivity contribution in [3.63, 3.8) is 0 Å². The summed E-state index contributed by atoms with van der Waals surface area (Å²) in [7, 11) is 0. The van der Waals surface area contributed by atoms with Gasteiger partial charge in [0, 0.05) is 5.56 Å². The van der Waals surface area contributed by atoms with Crippen molar-refractivity contribution in [2.45, 2.75) is 32.2 Å². The van der Waals surface area contributed by atoms with Gasteiger partial charge in [0.15, 0.2) is 0 Å². The largest absolute Gasteiger partial charge is 0.466 e. The van der Waals surface area contributed by atoms with E-state index in [-0.39, 0.29) is 18.8 Å². The first kappa shape index (κ1) is 15.6. The van der Waals surface area contributed by atoms with Gasteiger partial charge in [0.2, 0.25) is 0 Å². The van der Waals surface area contributed by atoms with Gasteiger partial charge in [-0.1, -0.05) is 6.07 Å². The minimum atomic E-state index is -1.56. The lowest BCUT2D eigenvalue weighted by molar-refractivity contribution is -0.147. The van der Waals surface area contributed by atoms with E-state index in [4.69, 9.17) is 5.11 Å². The fraction of sp³-hybridized carbons (Fsp3) is 0.462. The Labute approximate surface area is 110 Å². The molecule has 1 aromatic carbocycles. The fourth-order valence-corrected chi connectivity index (χ4v) is 1.63. The summed E-state index contributed by atoms with van der Waals surface area (Å²) in [4.78, 5) is 11.2. The van der Waals surface area contributed by atoms with Gasteiger partial charge in [-0.05, 0) is 24.6 Å². The number of benzene rings is 1. The van der Waals surface area contributed by atoms with Crippen LogP contribution in [0, 0.1) is 5.82 Å². The molecular weight excluding hydrogens is 255 g/mol. The molecule has 19 heavy (non-hydrogen) atoms. The number of aliphatic hydroxyl groups is 3. The second-order valence-corrected chi connectivity index (χ2v) is 4.04. The number of esters is 1. The van der Waals surface area contributed by atoms with Crippen molar-refractivity contribution >= 4 is 5.97 Å². The van der Waals surface area contributed by atoms with Crippen LogP contribution in [0.4, 0.5) is 4.39 Å². The topological polar surface area (TPSA) is 87.0 Å². The molecule has 0 radical (unpaired) electrons. The number of hydrogen-bond acceptors (Lipinski definition) is 5. The summed E-state index contributed by atoms with van der Waals surface area (Å²) >= 11 is 0. The highest BCUT2D eigenvalue weighted by molar-refractivity contribution is 5.70. The molecule has 2 atom stereocenters. The Balaban J connectivity index is 2.81. The lowest BCUT2D eigenvalue weighted by atomic mass is 9.99. The Morgan fingerprint density at radius 2 is 2.11 bits per heavy atom. The first-order chi connectivity index (χ1) is 8.99. The summed E-state index contributed by atoms with van der Waals surface area (Å²) in [5.41, 5.74) is 0.238. The van der Waals surface area contributed by atoms with Gasteiger partial charge in [-0.25, -0.2) is 4.39 Å². The van der Waals surface area contributed by atoms with Crippen molar-refractivity contribution in [1.29, 1.82) is 0 Å². The molecule has 0 saturated carbocycles. The van der Waals surface area contributed by atoms with E-state index in [1.165, 1.54) is 12.1 Å². The lowest BCUT2D eigenvalue weighted by Gasteiger charge is -2.18. The van der Waals surface area contributed by atoms with Crippen molar-refractivity contribution < 1.29 is 29.2 Å². The zero-order valence-corrected chi connectivity index (χ0v) is 10.5. The highest BCUT2D eigenvalue weighted by atomic mass is 19.1. The number of carbonyl (C=O) groups is 1. The molecule has 0 saturated heterocycles. The molecule has 0 bridgehead atoms. The maximum absolute atomic E-state index is 13.5. The number of halogens is 1. The molecule has 5 nitrogen and oxygen atoms in total. The van der Waals surface area contributed by atoms with E-state index in [9.17, 15) is 19.4 Å². The smallest absolute Gasteiger partial charge is 0.308 e. The van der Waals surface area contributed by atoms with Crippen molar-refractivity contribution in [2.75, 3.05) is 6.61 Å². The molecule has 106 valence electrons. The lowest BCUT2D eigenvalue weighted by Crippen LogP contribution is -2.24. The zero-order chi connectivity index (χ0) is 14.4. The Kier molecular flexibility index (Phi) is 5.88.